The Morgan fingerprint density at radius 3 is 0.968 bits per heavy atom. The zero-order valence-corrected chi connectivity index (χ0v) is 29.0. The van der Waals surface area contributed by atoms with Crippen molar-refractivity contribution in [2.75, 3.05) is 24.0 Å². The van der Waals surface area contributed by atoms with Crippen molar-refractivity contribution in [1.82, 2.24) is 0 Å². The van der Waals surface area contributed by atoms with Crippen LogP contribution >= 0.6 is 23.5 Å². The van der Waals surface area contributed by atoms with Gasteiger partial charge in [-0.2, -0.15) is 23.5 Å². The Morgan fingerprint density at radius 1 is 0.710 bits per heavy atom. The molecule has 14 nitrogen and oxygen atoms in total. The zero-order chi connectivity index (χ0) is 23.6. The van der Waals surface area contributed by atoms with Gasteiger partial charge < -0.3 is 49.5 Å². The Kier molecular flexibility index (Phi) is 46.5. The molecule has 0 unspecified atom stereocenters. The summed E-state index contributed by atoms with van der Waals surface area (Å²) >= 11 is 3.15. The average molecular weight is 685 g/mol. The number of hydrogen-bond acceptors (Lipinski definition) is 16. The van der Waals surface area contributed by atoms with Gasteiger partial charge in [0.1, 0.15) is 0 Å². The Labute approximate surface area is 228 Å². The van der Waals surface area contributed by atoms with E-state index >= 15 is 0 Å². The van der Waals surface area contributed by atoms with Crippen molar-refractivity contribution in [2.24, 2.45) is 11.5 Å². The van der Waals surface area contributed by atoms with Gasteiger partial charge in [-0.15, -0.1) is 0 Å². The zero-order valence-electron chi connectivity index (χ0n) is 16.8. The number of nitrogens with two attached hydrogens (primary N) is 2. The summed E-state index contributed by atoms with van der Waals surface area (Å²) in [6.45, 7) is 0. The fraction of sp³-hybridized carbons (Fsp3) is 0.800. The summed E-state index contributed by atoms with van der Waals surface area (Å²) in [7, 11) is -10.3. The first-order valence-electron chi connectivity index (χ1n) is 6.60. The summed E-state index contributed by atoms with van der Waals surface area (Å²) in [6, 6.07) is -1.59. The number of rotatable bonds is 8. The molecule has 0 bridgehead atoms. The fourth-order valence-corrected chi connectivity index (χ4v) is 1.70. The molecule has 0 rings (SSSR count). The number of carboxylic acids is 2. The number of carboxylic acid groups (broad SMARTS) is 2. The number of aliphatic carboxylic acids is 2. The minimum absolute atomic E-state index is 0. The van der Waals surface area contributed by atoms with Crippen molar-refractivity contribution < 1.29 is 113 Å². The van der Waals surface area contributed by atoms with Gasteiger partial charge in [0.2, 0.25) is 0 Å². The van der Waals surface area contributed by atoms with E-state index in [4.69, 9.17) is 46.5 Å². The second kappa shape index (κ2) is 29.2. The molecule has 0 heterocycles. The SMILES string of the molecule is CSCC[C@@H](N)C(=O)[O-].CSCC[C@@H](N)C(=O)[O-].O=S(=O)([O-])[O-].O=S(=O)([O-])[O-].[Zn+2].[Zn+2].[Zn+2]. The third kappa shape index (κ3) is 90.0. The van der Waals surface area contributed by atoms with E-state index in [2.05, 4.69) is 0 Å². The predicted molar refractivity (Wildman–Crippen MR) is 92.9 cm³/mol. The quantitative estimate of drug-likeness (QED) is 0.137. The van der Waals surface area contributed by atoms with Crippen LogP contribution in [0.25, 0.3) is 0 Å². The van der Waals surface area contributed by atoms with Crippen LogP contribution in [-0.4, -0.2) is 83.1 Å². The Bertz CT molecular complexity index is 554. The number of thioether (sulfide) groups is 2. The molecule has 0 spiro atoms. The molecule has 0 radical (unpaired) electrons. The normalized spacial score (nSPS) is 11.4. The largest absolute Gasteiger partial charge is 2.00 e. The molecule has 2 atom stereocenters. The maximum atomic E-state index is 9.96. The molecule has 0 fully saturated rings. The van der Waals surface area contributed by atoms with Gasteiger partial charge in [0.25, 0.3) is 0 Å². The number of hydrogen-bond donors (Lipinski definition) is 2. The molecular formula is C10H20N2O12S4Zn3. The molecule has 0 aromatic rings. The van der Waals surface area contributed by atoms with E-state index in [-0.39, 0.29) is 58.4 Å². The van der Waals surface area contributed by atoms with E-state index in [1.807, 2.05) is 12.5 Å². The van der Waals surface area contributed by atoms with Crippen LogP contribution in [0.5, 0.6) is 0 Å². The van der Waals surface area contributed by atoms with Gasteiger partial charge in [-0.1, -0.05) is 0 Å². The van der Waals surface area contributed by atoms with Crippen LogP contribution in [-0.2, 0) is 88.8 Å². The van der Waals surface area contributed by atoms with Crippen molar-refractivity contribution in [3.05, 3.63) is 0 Å². The van der Waals surface area contributed by atoms with Gasteiger partial charge >= 0.3 is 58.4 Å². The molecule has 0 aliphatic carbocycles. The van der Waals surface area contributed by atoms with Gasteiger partial charge in [0.05, 0.1) is 11.9 Å². The van der Waals surface area contributed by atoms with Crippen molar-refractivity contribution in [2.45, 2.75) is 24.9 Å². The van der Waals surface area contributed by atoms with E-state index in [1.165, 1.54) is 0 Å². The number of carbonyl (C=O) groups is 2. The smallest absolute Gasteiger partial charge is 0.759 e. The summed E-state index contributed by atoms with van der Waals surface area (Å²) in [5, 5.41) is 19.9. The van der Waals surface area contributed by atoms with Crippen molar-refractivity contribution in [3.8, 4) is 0 Å². The minimum Gasteiger partial charge on any atom is -0.759 e. The summed E-state index contributed by atoms with van der Waals surface area (Å²) in [4.78, 5) is 19.9. The topological polar surface area (TPSA) is 293 Å². The molecule has 0 saturated heterocycles. The first kappa shape index (κ1) is 49.3. The Hall–Kier alpha value is 1.17. The summed E-state index contributed by atoms with van der Waals surface area (Å²) < 4.78 is 68.2. The maximum Gasteiger partial charge on any atom is 2.00 e. The third-order valence-corrected chi connectivity index (χ3v) is 3.16. The molecule has 0 amide bonds. The van der Waals surface area contributed by atoms with Crippen LogP contribution in [0.1, 0.15) is 12.8 Å². The molecule has 172 valence electrons. The van der Waals surface area contributed by atoms with E-state index in [9.17, 15) is 19.8 Å². The van der Waals surface area contributed by atoms with E-state index in [1.54, 1.807) is 23.5 Å². The molecule has 31 heavy (non-hydrogen) atoms. The van der Waals surface area contributed by atoms with Gasteiger partial charge in [0, 0.05) is 32.9 Å². The van der Waals surface area contributed by atoms with Crippen LogP contribution < -0.4 is 21.7 Å². The molecular weight excluding hydrogens is 665 g/mol. The van der Waals surface area contributed by atoms with Gasteiger partial charge in [-0.25, -0.2) is 0 Å². The van der Waals surface area contributed by atoms with Crippen molar-refractivity contribution >= 4 is 56.3 Å². The summed E-state index contributed by atoms with van der Waals surface area (Å²) in [5.41, 5.74) is 10.3. The van der Waals surface area contributed by atoms with E-state index in [0.717, 1.165) is 11.5 Å². The second-order valence-corrected chi connectivity index (χ2v) is 7.83. The first-order chi connectivity index (χ1) is 12.4. The molecule has 0 saturated carbocycles. The van der Waals surface area contributed by atoms with E-state index in [0.29, 0.717) is 12.8 Å². The second-order valence-electron chi connectivity index (χ2n) is 4.23. The Balaban J connectivity index is -0.0000000497. The van der Waals surface area contributed by atoms with Crippen molar-refractivity contribution in [1.29, 1.82) is 0 Å². The Morgan fingerprint density at radius 2 is 0.871 bits per heavy atom. The molecule has 4 N–H and O–H groups in total. The molecule has 0 aliphatic rings. The van der Waals surface area contributed by atoms with Crippen LogP contribution in [0.3, 0.4) is 0 Å². The minimum atomic E-state index is -5.17. The molecule has 21 heteroatoms. The van der Waals surface area contributed by atoms with Crippen molar-refractivity contribution in [3.63, 3.8) is 0 Å². The summed E-state index contributed by atoms with van der Waals surface area (Å²) in [6.07, 6.45) is 4.79. The fourth-order valence-electron chi connectivity index (χ4n) is 0.725. The van der Waals surface area contributed by atoms with Crippen LogP contribution in [0.2, 0.25) is 0 Å². The monoisotopic (exact) mass is 680 g/mol. The van der Waals surface area contributed by atoms with Gasteiger partial charge in [-0.3, -0.25) is 16.8 Å². The predicted octanol–water partition coefficient (Wildman–Crippen LogP) is -5.05. The maximum absolute atomic E-state index is 9.96. The van der Waals surface area contributed by atoms with Crippen LogP contribution in [0.4, 0.5) is 0 Å². The number of carbonyl (C=O) groups excluding carboxylic acids is 2. The molecule has 0 aromatic carbocycles. The average Bonchev–Trinajstić information content (AvgIpc) is 2.47. The third-order valence-electron chi connectivity index (χ3n) is 1.87. The van der Waals surface area contributed by atoms with Crippen LogP contribution in [0.15, 0.2) is 0 Å². The standard InChI is InChI=1S/2C5H11NO2S.2H2O4S.3Zn/c2*1-9-3-2-4(6)5(7)8;2*1-5(2,3)4;;;/h2*4H,2-3,6H2,1H3,(H,7,8);2*(H2,1,2,3,4);;;/q;;;;3*+2/p-6/t2*4-;;;;;/m11...../s1. The first-order valence-corrected chi connectivity index (χ1v) is 12.1. The van der Waals surface area contributed by atoms with Gasteiger partial charge in [0.15, 0.2) is 0 Å². The van der Waals surface area contributed by atoms with Gasteiger partial charge in [-0.05, 0) is 36.9 Å². The van der Waals surface area contributed by atoms with E-state index < -0.39 is 44.8 Å². The summed E-state index contributed by atoms with van der Waals surface area (Å²) in [5.74, 6) is -0.780. The molecule has 0 aromatic heterocycles. The van der Waals surface area contributed by atoms with Crippen LogP contribution in [0, 0.1) is 0 Å². The molecule has 0 aliphatic heterocycles.